The number of anilines is 1. The summed E-state index contributed by atoms with van der Waals surface area (Å²) in [6.45, 7) is 3.51. The number of esters is 1. The van der Waals surface area contributed by atoms with Crippen LogP contribution >= 0.6 is 0 Å². The van der Waals surface area contributed by atoms with Crippen LogP contribution in [0.4, 0.5) is 5.82 Å². The summed E-state index contributed by atoms with van der Waals surface area (Å²) in [6, 6.07) is 0. The average molecular weight is 281 g/mol. The van der Waals surface area contributed by atoms with E-state index in [1.165, 1.54) is 7.11 Å². The molecule has 1 saturated heterocycles. The van der Waals surface area contributed by atoms with Crippen LogP contribution in [0, 0.1) is 0 Å². The molecule has 1 atom stereocenters. The summed E-state index contributed by atoms with van der Waals surface area (Å²) in [7, 11) is 1.36. The van der Waals surface area contributed by atoms with Gasteiger partial charge in [-0.05, 0) is 25.7 Å². The fourth-order valence-corrected chi connectivity index (χ4v) is 2.50. The van der Waals surface area contributed by atoms with E-state index < -0.39 is 5.97 Å². The molecule has 2 rings (SSSR count). The van der Waals surface area contributed by atoms with E-state index in [-0.39, 0.29) is 6.10 Å². The van der Waals surface area contributed by atoms with E-state index in [9.17, 15) is 4.79 Å². The molecule has 0 spiro atoms. The van der Waals surface area contributed by atoms with Crippen molar-refractivity contribution in [3.63, 3.8) is 0 Å². The van der Waals surface area contributed by atoms with E-state index in [0.29, 0.717) is 30.2 Å². The molecule has 0 amide bonds. The molecular weight excluding hydrogens is 258 g/mol. The first-order chi connectivity index (χ1) is 9.69. The highest BCUT2D eigenvalue weighted by molar-refractivity contribution is 5.90. The first-order valence-electron chi connectivity index (χ1n) is 7.25. The maximum atomic E-state index is 11.9. The van der Waals surface area contributed by atoms with Crippen molar-refractivity contribution in [3.8, 4) is 0 Å². The number of unbranched alkanes of at least 4 members (excludes halogenated alkanes) is 1. The summed E-state index contributed by atoms with van der Waals surface area (Å²) in [6.07, 6.45) is 4.86. The minimum Gasteiger partial charge on any atom is -0.464 e. The van der Waals surface area contributed by atoms with Gasteiger partial charge in [0.25, 0.3) is 0 Å². The Morgan fingerprint density at radius 1 is 1.55 bits per heavy atom. The van der Waals surface area contributed by atoms with Crippen LogP contribution < -0.4 is 5.73 Å². The van der Waals surface area contributed by atoms with Crippen molar-refractivity contribution in [3.05, 3.63) is 11.3 Å². The Bertz CT molecular complexity index is 464. The lowest BCUT2D eigenvalue weighted by Crippen LogP contribution is -2.16. The molecule has 2 N–H and O–H groups in total. The van der Waals surface area contributed by atoms with Crippen molar-refractivity contribution in [2.24, 2.45) is 0 Å². The molecule has 1 aromatic rings. The van der Waals surface area contributed by atoms with Gasteiger partial charge < -0.3 is 15.2 Å². The summed E-state index contributed by atoms with van der Waals surface area (Å²) in [5.41, 5.74) is 7.18. The van der Waals surface area contributed by atoms with Crippen LogP contribution in [-0.2, 0) is 16.0 Å². The number of ether oxygens (including phenoxy) is 2. The molecular formula is C14H23N3O3. The number of nitrogens with zero attached hydrogens (tertiary/aromatic N) is 2. The standard InChI is InChI=1S/C14H23N3O3/c1-3-4-8-17-13(15)11(10-7-5-6-9-20-10)12(16-17)14(18)19-2/h10H,3-9,15H2,1-2H3. The van der Waals surface area contributed by atoms with Gasteiger partial charge in [0.15, 0.2) is 5.69 Å². The van der Waals surface area contributed by atoms with E-state index in [2.05, 4.69) is 12.0 Å². The fourth-order valence-electron chi connectivity index (χ4n) is 2.50. The highest BCUT2D eigenvalue weighted by atomic mass is 16.5. The number of hydrogen-bond acceptors (Lipinski definition) is 5. The first kappa shape index (κ1) is 14.8. The topological polar surface area (TPSA) is 79.4 Å². The Kier molecular flexibility index (Phi) is 5.00. The summed E-state index contributed by atoms with van der Waals surface area (Å²) in [5.74, 6) is 0.0851. The first-order valence-corrected chi connectivity index (χ1v) is 7.25. The number of nitrogens with two attached hydrogens (primary N) is 1. The van der Waals surface area contributed by atoms with Gasteiger partial charge in [-0.1, -0.05) is 13.3 Å². The zero-order chi connectivity index (χ0) is 14.5. The van der Waals surface area contributed by atoms with Crippen LogP contribution in [0.1, 0.15) is 61.2 Å². The Balaban J connectivity index is 2.34. The third-order valence-electron chi connectivity index (χ3n) is 3.63. The largest absolute Gasteiger partial charge is 0.464 e. The van der Waals surface area contributed by atoms with E-state index in [0.717, 1.165) is 32.1 Å². The number of hydrogen-bond donors (Lipinski definition) is 1. The molecule has 0 radical (unpaired) electrons. The fraction of sp³-hybridized carbons (Fsp3) is 0.714. The van der Waals surface area contributed by atoms with E-state index in [1.807, 2.05) is 0 Å². The van der Waals surface area contributed by atoms with Crippen LogP contribution in [0.3, 0.4) is 0 Å². The molecule has 112 valence electrons. The predicted octanol–water partition coefficient (Wildman–Crippen LogP) is 2.29. The molecule has 1 fully saturated rings. The average Bonchev–Trinajstić information content (AvgIpc) is 2.82. The van der Waals surface area contributed by atoms with Crippen molar-refractivity contribution in [1.29, 1.82) is 0 Å². The number of methoxy groups -OCH3 is 1. The minimum absolute atomic E-state index is 0.145. The van der Waals surface area contributed by atoms with Gasteiger partial charge in [-0.25, -0.2) is 9.48 Å². The molecule has 6 nitrogen and oxygen atoms in total. The predicted molar refractivity (Wildman–Crippen MR) is 75.4 cm³/mol. The minimum atomic E-state index is -0.448. The molecule has 1 unspecified atom stereocenters. The highest BCUT2D eigenvalue weighted by Gasteiger charge is 2.29. The lowest BCUT2D eigenvalue weighted by molar-refractivity contribution is 0.0140. The number of carbonyl (C=O) groups is 1. The van der Waals surface area contributed by atoms with Gasteiger partial charge in [0.2, 0.25) is 0 Å². The Hall–Kier alpha value is -1.56. The van der Waals surface area contributed by atoms with Crippen LogP contribution in [-0.4, -0.2) is 29.5 Å². The smallest absolute Gasteiger partial charge is 0.359 e. The maximum Gasteiger partial charge on any atom is 0.359 e. The molecule has 6 heteroatoms. The summed E-state index contributed by atoms with van der Waals surface area (Å²) >= 11 is 0. The number of rotatable bonds is 5. The lowest BCUT2D eigenvalue weighted by Gasteiger charge is -2.22. The molecule has 20 heavy (non-hydrogen) atoms. The SMILES string of the molecule is CCCCn1nc(C(=O)OC)c(C2CCCCO2)c1N. The maximum absolute atomic E-state index is 11.9. The monoisotopic (exact) mass is 281 g/mol. The van der Waals surface area contributed by atoms with E-state index in [1.54, 1.807) is 4.68 Å². The number of aromatic nitrogens is 2. The molecule has 1 aliphatic heterocycles. The molecule has 0 saturated carbocycles. The van der Waals surface area contributed by atoms with Gasteiger partial charge in [-0.15, -0.1) is 0 Å². The van der Waals surface area contributed by atoms with E-state index >= 15 is 0 Å². The Morgan fingerprint density at radius 2 is 2.35 bits per heavy atom. The third kappa shape index (κ3) is 2.95. The molecule has 1 aliphatic rings. The zero-order valence-electron chi connectivity index (χ0n) is 12.2. The lowest BCUT2D eigenvalue weighted by atomic mass is 10.0. The number of nitrogen functional groups attached to an aromatic ring is 1. The van der Waals surface area contributed by atoms with Gasteiger partial charge in [0.05, 0.1) is 18.8 Å². The second-order valence-corrected chi connectivity index (χ2v) is 5.07. The van der Waals surface area contributed by atoms with Crippen LogP contribution in [0.2, 0.25) is 0 Å². The highest BCUT2D eigenvalue weighted by Crippen LogP contribution is 2.34. The van der Waals surface area contributed by atoms with Crippen molar-refractivity contribution in [2.45, 2.75) is 51.7 Å². The van der Waals surface area contributed by atoms with Gasteiger partial charge in [0.1, 0.15) is 5.82 Å². The van der Waals surface area contributed by atoms with Gasteiger partial charge in [-0.2, -0.15) is 5.10 Å². The van der Waals surface area contributed by atoms with Gasteiger partial charge >= 0.3 is 5.97 Å². The van der Waals surface area contributed by atoms with Gasteiger partial charge in [-0.3, -0.25) is 0 Å². The number of carbonyl (C=O) groups excluding carboxylic acids is 1. The zero-order valence-corrected chi connectivity index (χ0v) is 12.2. The van der Waals surface area contributed by atoms with Crippen LogP contribution in [0.5, 0.6) is 0 Å². The van der Waals surface area contributed by atoms with Crippen molar-refractivity contribution in [2.75, 3.05) is 19.5 Å². The summed E-state index contributed by atoms with van der Waals surface area (Å²) in [5, 5.41) is 4.33. The summed E-state index contributed by atoms with van der Waals surface area (Å²) < 4.78 is 12.3. The third-order valence-corrected chi connectivity index (χ3v) is 3.63. The van der Waals surface area contributed by atoms with Crippen LogP contribution in [0.25, 0.3) is 0 Å². The second-order valence-electron chi connectivity index (χ2n) is 5.07. The van der Waals surface area contributed by atoms with Crippen LogP contribution in [0.15, 0.2) is 0 Å². The Morgan fingerprint density at radius 3 is 2.95 bits per heavy atom. The van der Waals surface area contributed by atoms with Crippen molar-refractivity contribution in [1.82, 2.24) is 9.78 Å². The van der Waals surface area contributed by atoms with Crippen molar-refractivity contribution < 1.29 is 14.3 Å². The quantitative estimate of drug-likeness (QED) is 0.838. The van der Waals surface area contributed by atoms with Gasteiger partial charge in [0, 0.05) is 13.2 Å². The molecule has 0 aromatic carbocycles. The summed E-state index contributed by atoms with van der Waals surface area (Å²) in [4.78, 5) is 11.9. The second kappa shape index (κ2) is 6.74. The van der Waals surface area contributed by atoms with E-state index in [4.69, 9.17) is 15.2 Å². The molecule has 2 heterocycles. The molecule has 0 bridgehead atoms. The number of aryl methyl sites for hydroxylation is 1. The molecule has 1 aromatic heterocycles. The molecule has 0 aliphatic carbocycles. The normalized spacial score (nSPS) is 19.0. The van der Waals surface area contributed by atoms with Crippen molar-refractivity contribution >= 4 is 11.8 Å². The Labute approximate surface area is 119 Å².